The fourth-order valence-electron chi connectivity index (χ4n) is 4.91. The Bertz CT molecular complexity index is 792. The van der Waals surface area contributed by atoms with Crippen molar-refractivity contribution in [2.24, 2.45) is 0 Å². The Labute approximate surface area is 154 Å². The minimum absolute atomic E-state index is 0.282. The van der Waals surface area contributed by atoms with E-state index in [-0.39, 0.29) is 5.82 Å². The van der Waals surface area contributed by atoms with E-state index in [0.717, 1.165) is 30.7 Å². The maximum absolute atomic E-state index is 13.7. The van der Waals surface area contributed by atoms with Crippen molar-refractivity contribution in [3.63, 3.8) is 0 Å². The summed E-state index contributed by atoms with van der Waals surface area (Å²) in [5.41, 5.74) is 2.12. The molecule has 4 heteroatoms. The zero-order valence-electron chi connectivity index (χ0n) is 15.4. The van der Waals surface area contributed by atoms with Gasteiger partial charge in [0.1, 0.15) is 11.6 Å². The second-order valence-corrected chi connectivity index (χ2v) is 7.77. The molecule has 2 atom stereocenters. The van der Waals surface area contributed by atoms with Crippen molar-refractivity contribution in [1.29, 1.82) is 0 Å². The Morgan fingerprint density at radius 2 is 1.85 bits per heavy atom. The Hall–Kier alpha value is -1.91. The van der Waals surface area contributed by atoms with E-state index in [9.17, 15) is 9.50 Å². The first-order valence-corrected chi connectivity index (χ1v) is 9.37. The van der Waals surface area contributed by atoms with Crippen molar-refractivity contribution in [2.75, 3.05) is 7.11 Å². The highest BCUT2D eigenvalue weighted by Gasteiger charge is 2.48. The molecule has 3 nitrogen and oxygen atoms in total. The minimum Gasteiger partial charge on any atom is -0.496 e. The average molecular weight is 355 g/mol. The number of aliphatic hydroxyl groups is 1. The van der Waals surface area contributed by atoms with Crippen molar-refractivity contribution >= 4 is 0 Å². The summed E-state index contributed by atoms with van der Waals surface area (Å²) in [6.45, 7) is 2.90. The number of aryl methyl sites for hydroxylation is 1. The van der Waals surface area contributed by atoms with Gasteiger partial charge in [0, 0.05) is 24.2 Å². The molecule has 2 aromatic carbocycles. The van der Waals surface area contributed by atoms with Crippen LogP contribution in [0.5, 0.6) is 5.75 Å². The molecule has 2 aliphatic heterocycles. The number of halogens is 1. The van der Waals surface area contributed by atoms with Crippen LogP contribution in [-0.4, -0.2) is 29.2 Å². The summed E-state index contributed by atoms with van der Waals surface area (Å²) in [7, 11) is 1.72. The van der Waals surface area contributed by atoms with Crippen molar-refractivity contribution in [3.8, 4) is 5.75 Å². The fraction of sp³-hybridized carbons (Fsp3) is 0.455. The smallest absolute Gasteiger partial charge is 0.126 e. The van der Waals surface area contributed by atoms with E-state index in [0.29, 0.717) is 30.5 Å². The number of ether oxygens (including phenoxy) is 1. The zero-order chi connectivity index (χ0) is 18.3. The minimum atomic E-state index is -0.929. The van der Waals surface area contributed by atoms with Crippen LogP contribution in [0.3, 0.4) is 0 Å². The van der Waals surface area contributed by atoms with E-state index in [2.05, 4.69) is 30.0 Å². The normalized spacial score (nSPS) is 28.3. The Morgan fingerprint density at radius 1 is 1.15 bits per heavy atom. The monoisotopic (exact) mass is 355 g/mol. The van der Waals surface area contributed by atoms with Gasteiger partial charge in [0.2, 0.25) is 0 Å². The van der Waals surface area contributed by atoms with E-state index < -0.39 is 5.60 Å². The first kappa shape index (κ1) is 17.5. The number of rotatable bonds is 4. The molecule has 1 N–H and O–H groups in total. The number of para-hydroxylation sites is 1. The number of benzene rings is 2. The number of hydrogen-bond acceptors (Lipinski definition) is 3. The summed E-state index contributed by atoms with van der Waals surface area (Å²) in [4.78, 5) is 2.51. The molecule has 0 aliphatic carbocycles. The summed E-state index contributed by atoms with van der Waals surface area (Å²) in [5.74, 6) is 0.674. The van der Waals surface area contributed by atoms with Crippen molar-refractivity contribution < 1.29 is 14.2 Å². The Morgan fingerprint density at radius 3 is 2.50 bits per heavy atom. The second kappa shape index (κ2) is 6.67. The average Bonchev–Trinajstić information content (AvgIpc) is 2.86. The van der Waals surface area contributed by atoms with Crippen LogP contribution in [-0.2, 0) is 12.1 Å². The lowest BCUT2D eigenvalue weighted by Crippen LogP contribution is -2.49. The van der Waals surface area contributed by atoms with Gasteiger partial charge in [0.05, 0.1) is 12.7 Å². The largest absolute Gasteiger partial charge is 0.496 e. The molecule has 26 heavy (non-hydrogen) atoms. The number of hydrogen-bond donors (Lipinski definition) is 1. The van der Waals surface area contributed by atoms with E-state index in [1.54, 1.807) is 13.2 Å². The molecule has 2 saturated heterocycles. The molecule has 0 aromatic heterocycles. The van der Waals surface area contributed by atoms with Gasteiger partial charge in [-0.25, -0.2) is 4.39 Å². The maximum Gasteiger partial charge on any atom is 0.126 e. The van der Waals surface area contributed by atoms with Crippen LogP contribution in [0.1, 0.15) is 42.4 Å². The molecular formula is C22H26FNO2. The van der Waals surface area contributed by atoms with Crippen LogP contribution in [0.25, 0.3) is 0 Å². The lowest BCUT2D eigenvalue weighted by Gasteiger charge is -2.44. The van der Waals surface area contributed by atoms with Crippen LogP contribution < -0.4 is 4.74 Å². The van der Waals surface area contributed by atoms with Gasteiger partial charge in [-0.15, -0.1) is 0 Å². The van der Waals surface area contributed by atoms with Gasteiger partial charge in [-0.1, -0.05) is 30.3 Å². The molecule has 4 rings (SSSR count). The highest BCUT2D eigenvalue weighted by molar-refractivity contribution is 5.41. The molecule has 0 spiro atoms. The molecule has 0 radical (unpaired) electrons. The van der Waals surface area contributed by atoms with Crippen molar-refractivity contribution in [2.45, 2.75) is 56.8 Å². The van der Waals surface area contributed by atoms with Crippen molar-refractivity contribution in [3.05, 3.63) is 65.0 Å². The Balaban J connectivity index is 1.57. The highest BCUT2D eigenvalue weighted by atomic mass is 19.1. The van der Waals surface area contributed by atoms with Crippen LogP contribution in [0.4, 0.5) is 4.39 Å². The van der Waals surface area contributed by atoms with Crippen LogP contribution in [0.15, 0.2) is 42.5 Å². The molecular weight excluding hydrogens is 329 g/mol. The maximum atomic E-state index is 13.7. The molecule has 138 valence electrons. The summed E-state index contributed by atoms with van der Waals surface area (Å²) >= 11 is 0. The molecule has 0 saturated carbocycles. The van der Waals surface area contributed by atoms with Gasteiger partial charge >= 0.3 is 0 Å². The van der Waals surface area contributed by atoms with E-state index in [1.165, 1.54) is 17.7 Å². The number of piperidine rings is 1. The van der Waals surface area contributed by atoms with E-state index in [1.807, 2.05) is 6.07 Å². The lowest BCUT2D eigenvalue weighted by molar-refractivity contribution is -0.0598. The zero-order valence-corrected chi connectivity index (χ0v) is 15.4. The first-order chi connectivity index (χ1) is 12.5. The topological polar surface area (TPSA) is 32.7 Å². The van der Waals surface area contributed by atoms with Gasteiger partial charge < -0.3 is 9.84 Å². The van der Waals surface area contributed by atoms with Gasteiger partial charge in [0.25, 0.3) is 0 Å². The predicted octanol–water partition coefficient (Wildman–Crippen LogP) is 4.16. The third-order valence-electron chi connectivity index (χ3n) is 6.13. The third kappa shape index (κ3) is 3.01. The molecule has 2 bridgehead atoms. The van der Waals surface area contributed by atoms with Crippen LogP contribution in [0.2, 0.25) is 0 Å². The van der Waals surface area contributed by atoms with Gasteiger partial charge in [0.15, 0.2) is 0 Å². The predicted molar refractivity (Wildman–Crippen MR) is 99.6 cm³/mol. The number of methoxy groups -OCH3 is 1. The summed E-state index contributed by atoms with van der Waals surface area (Å²) in [6, 6.07) is 13.3. The standard InChI is InChI=1S/C22H26FNO2/c1-15-5-3-6-16(21(15)26-2)14-24-19-9-10-20(24)13-22(25,12-19)17-7-4-8-18(23)11-17/h3-8,11,19-20,25H,9-10,12-14H2,1-2H3. The van der Waals surface area contributed by atoms with E-state index in [4.69, 9.17) is 4.74 Å². The summed E-state index contributed by atoms with van der Waals surface area (Å²) < 4.78 is 19.3. The van der Waals surface area contributed by atoms with Gasteiger partial charge in [-0.3, -0.25) is 4.90 Å². The quantitative estimate of drug-likeness (QED) is 0.894. The SMILES string of the molecule is COc1c(C)cccc1CN1C2CCC1CC(O)(c1cccc(F)c1)C2. The molecule has 2 aliphatic rings. The number of fused-ring (bicyclic) bond motifs is 2. The second-order valence-electron chi connectivity index (χ2n) is 7.77. The first-order valence-electron chi connectivity index (χ1n) is 9.37. The Kier molecular flexibility index (Phi) is 4.49. The number of nitrogens with zero attached hydrogens (tertiary/aromatic N) is 1. The fourth-order valence-corrected chi connectivity index (χ4v) is 4.91. The van der Waals surface area contributed by atoms with Gasteiger partial charge in [-0.2, -0.15) is 0 Å². The lowest BCUT2D eigenvalue weighted by atomic mass is 9.80. The molecule has 2 fully saturated rings. The van der Waals surface area contributed by atoms with Crippen LogP contribution in [0, 0.1) is 12.7 Å². The summed E-state index contributed by atoms with van der Waals surface area (Å²) in [6.07, 6.45) is 3.47. The molecule has 2 aromatic rings. The molecule has 2 unspecified atom stereocenters. The van der Waals surface area contributed by atoms with Gasteiger partial charge in [-0.05, 0) is 55.9 Å². The summed E-state index contributed by atoms with van der Waals surface area (Å²) in [5, 5.41) is 11.3. The van der Waals surface area contributed by atoms with E-state index >= 15 is 0 Å². The van der Waals surface area contributed by atoms with Crippen molar-refractivity contribution in [1.82, 2.24) is 4.90 Å². The molecule has 2 heterocycles. The van der Waals surface area contributed by atoms with Crippen LogP contribution >= 0.6 is 0 Å². The highest BCUT2D eigenvalue weighted by Crippen LogP contribution is 2.46. The third-order valence-corrected chi connectivity index (χ3v) is 6.13. The molecule has 0 amide bonds.